The number of benzene rings is 1. The summed E-state index contributed by atoms with van der Waals surface area (Å²) in [5.74, 6) is 0.807. The number of carbonyl (C=O) groups is 1. The third-order valence-corrected chi connectivity index (χ3v) is 3.56. The molecule has 0 bridgehead atoms. The van der Waals surface area contributed by atoms with Crippen LogP contribution in [0.3, 0.4) is 0 Å². The van der Waals surface area contributed by atoms with E-state index in [2.05, 4.69) is 34.8 Å². The largest absolute Gasteiger partial charge is 0.357 e. The normalized spacial score (nSPS) is 10.8. The van der Waals surface area contributed by atoms with Crippen LogP contribution in [0.5, 0.6) is 0 Å². The average molecular weight is 460 g/mol. The van der Waals surface area contributed by atoms with Crippen LogP contribution in [-0.2, 0) is 6.54 Å². The number of unbranched alkanes of at least 4 members (excludes halogenated alkanes) is 2. The summed E-state index contributed by atoms with van der Waals surface area (Å²) in [5, 5.41) is 9.51. The first kappa shape index (κ1) is 23.7. The Morgan fingerprint density at radius 3 is 2.48 bits per heavy atom. The van der Waals surface area contributed by atoms with Crippen LogP contribution in [0.4, 0.5) is 0 Å². The van der Waals surface area contributed by atoms with Gasteiger partial charge in [0, 0.05) is 25.2 Å². The maximum atomic E-state index is 12.0. The minimum atomic E-state index is -0.0210. The van der Waals surface area contributed by atoms with E-state index < -0.39 is 0 Å². The summed E-state index contributed by atoms with van der Waals surface area (Å²) >= 11 is 0. The highest BCUT2D eigenvalue weighted by Crippen LogP contribution is 2.07. The lowest BCUT2D eigenvalue weighted by molar-refractivity contribution is 0.0953. The summed E-state index contributed by atoms with van der Waals surface area (Å²) in [6.45, 7) is 9.32. The summed E-state index contributed by atoms with van der Waals surface area (Å²) in [7, 11) is 0. The topological polar surface area (TPSA) is 65.5 Å². The highest BCUT2D eigenvalue weighted by Gasteiger charge is 2.05. The molecule has 3 N–H and O–H groups in total. The van der Waals surface area contributed by atoms with E-state index in [1.165, 1.54) is 12.8 Å². The SMILES string of the molecule is CCCCCNC(=NCc1cccc(C(=O)NCCC)c1)NCC.I. The van der Waals surface area contributed by atoms with Crippen LogP contribution in [-0.4, -0.2) is 31.5 Å². The van der Waals surface area contributed by atoms with Crippen LogP contribution in [0.15, 0.2) is 29.3 Å². The Morgan fingerprint density at radius 1 is 1.00 bits per heavy atom. The fourth-order valence-corrected chi connectivity index (χ4v) is 2.25. The van der Waals surface area contributed by atoms with Gasteiger partial charge in [0.2, 0.25) is 0 Å². The van der Waals surface area contributed by atoms with Crippen molar-refractivity contribution in [1.82, 2.24) is 16.0 Å². The Bertz CT molecular complexity index is 520. The Labute approximate surface area is 169 Å². The molecule has 1 amide bonds. The fourth-order valence-electron chi connectivity index (χ4n) is 2.25. The lowest BCUT2D eigenvalue weighted by Crippen LogP contribution is -2.37. The zero-order chi connectivity index (χ0) is 17.6. The van der Waals surface area contributed by atoms with Crippen LogP contribution in [0.25, 0.3) is 0 Å². The number of hydrogen-bond donors (Lipinski definition) is 3. The van der Waals surface area contributed by atoms with Gasteiger partial charge in [-0.25, -0.2) is 4.99 Å². The van der Waals surface area contributed by atoms with E-state index in [4.69, 9.17) is 0 Å². The molecule has 5 nitrogen and oxygen atoms in total. The summed E-state index contributed by atoms with van der Waals surface area (Å²) < 4.78 is 0. The maximum absolute atomic E-state index is 12.0. The van der Waals surface area contributed by atoms with Gasteiger partial charge in [-0.15, -0.1) is 24.0 Å². The molecule has 0 aromatic heterocycles. The predicted octanol–water partition coefficient (Wildman–Crippen LogP) is 3.69. The summed E-state index contributed by atoms with van der Waals surface area (Å²) in [6, 6.07) is 7.66. The standard InChI is InChI=1S/C19H32N4O.HI/c1-4-7-8-13-22-19(20-6-3)23-15-16-10-9-11-17(14-16)18(24)21-12-5-2;/h9-11,14H,4-8,12-13,15H2,1-3H3,(H,21,24)(H2,20,22,23);1H. The minimum absolute atomic E-state index is 0. The molecule has 0 aliphatic heterocycles. The van der Waals surface area contributed by atoms with Crippen LogP contribution >= 0.6 is 24.0 Å². The molecule has 0 aliphatic rings. The average Bonchev–Trinajstić information content (AvgIpc) is 2.61. The maximum Gasteiger partial charge on any atom is 0.251 e. The van der Waals surface area contributed by atoms with Gasteiger partial charge in [0.05, 0.1) is 6.54 Å². The lowest BCUT2D eigenvalue weighted by Gasteiger charge is -2.11. The minimum Gasteiger partial charge on any atom is -0.357 e. The molecule has 1 rings (SSSR count). The van der Waals surface area contributed by atoms with E-state index in [-0.39, 0.29) is 29.9 Å². The molecule has 0 saturated carbocycles. The predicted molar refractivity (Wildman–Crippen MR) is 117 cm³/mol. The number of nitrogens with zero attached hydrogens (tertiary/aromatic N) is 1. The first-order valence-electron chi connectivity index (χ1n) is 9.10. The van der Waals surface area contributed by atoms with Crippen molar-refractivity contribution in [3.63, 3.8) is 0 Å². The van der Waals surface area contributed by atoms with Gasteiger partial charge in [-0.05, 0) is 37.5 Å². The van der Waals surface area contributed by atoms with Crippen LogP contribution in [0, 0.1) is 0 Å². The van der Waals surface area contributed by atoms with E-state index in [1.807, 2.05) is 31.2 Å². The van der Waals surface area contributed by atoms with Crippen molar-refractivity contribution in [3.05, 3.63) is 35.4 Å². The third-order valence-electron chi connectivity index (χ3n) is 3.56. The molecule has 0 saturated heterocycles. The van der Waals surface area contributed by atoms with E-state index >= 15 is 0 Å². The van der Waals surface area contributed by atoms with E-state index in [9.17, 15) is 4.79 Å². The number of hydrogen-bond acceptors (Lipinski definition) is 2. The van der Waals surface area contributed by atoms with E-state index in [1.54, 1.807) is 0 Å². The molecule has 0 fully saturated rings. The first-order chi connectivity index (χ1) is 11.7. The monoisotopic (exact) mass is 460 g/mol. The molecule has 142 valence electrons. The highest BCUT2D eigenvalue weighted by molar-refractivity contribution is 14.0. The Kier molecular flexibility index (Phi) is 14.2. The van der Waals surface area contributed by atoms with Gasteiger partial charge in [-0.2, -0.15) is 0 Å². The smallest absolute Gasteiger partial charge is 0.251 e. The second kappa shape index (κ2) is 15.0. The molecule has 25 heavy (non-hydrogen) atoms. The van der Waals surface area contributed by atoms with Gasteiger partial charge in [0.15, 0.2) is 5.96 Å². The summed E-state index contributed by atoms with van der Waals surface area (Å²) in [4.78, 5) is 16.6. The number of aliphatic imine (C=N–C) groups is 1. The number of halogens is 1. The molecule has 1 aromatic rings. The van der Waals surface area contributed by atoms with Crippen molar-refractivity contribution in [2.24, 2.45) is 4.99 Å². The summed E-state index contributed by atoms with van der Waals surface area (Å²) in [5.41, 5.74) is 1.72. The van der Waals surface area contributed by atoms with Crippen LogP contribution in [0.2, 0.25) is 0 Å². The van der Waals surface area contributed by atoms with Crippen LogP contribution < -0.4 is 16.0 Å². The zero-order valence-electron chi connectivity index (χ0n) is 15.7. The lowest BCUT2D eigenvalue weighted by atomic mass is 10.1. The molecule has 0 unspecified atom stereocenters. The summed E-state index contributed by atoms with van der Waals surface area (Å²) in [6.07, 6.45) is 4.52. The fraction of sp³-hybridized carbons (Fsp3) is 0.579. The van der Waals surface area contributed by atoms with Gasteiger partial charge in [-0.3, -0.25) is 4.79 Å². The van der Waals surface area contributed by atoms with Gasteiger partial charge in [0.1, 0.15) is 0 Å². The van der Waals surface area contributed by atoms with Gasteiger partial charge < -0.3 is 16.0 Å². The molecule has 0 aliphatic carbocycles. The van der Waals surface area contributed by atoms with E-state index in [0.29, 0.717) is 18.7 Å². The van der Waals surface area contributed by atoms with Crippen molar-refractivity contribution in [1.29, 1.82) is 0 Å². The molecular formula is C19H33IN4O. The first-order valence-corrected chi connectivity index (χ1v) is 9.10. The number of carbonyl (C=O) groups excluding carboxylic acids is 1. The number of amides is 1. The van der Waals surface area contributed by atoms with E-state index in [0.717, 1.165) is 37.5 Å². The van der Waals surface area contributed by atoms with Crippen LogP contribution in [0.1, 0.15) is 62.4 Å². The van der Waals surface area contributed by atoms with Crippen molar-refractivity contribution >= 4 is 35.8 Å². The number of nitrogens with one attached hydrogen (secondary N) is 3. The second-order valence-electron chi connectivity index (χ2n) is 5.79. The number of rotatable bonds is 10. The van der Waals surface area contributed by atoms with Gasteiger partial charge >= 0.3 is 0 Å². The third kappa shape index (κ3) is 10.3. The highest BCUT2D eigenvalue weighted by atomic mass is 127. The quantitative estimate of drug-likeness (QED) is 0.216. The van der Waals surface area contributed by atoms with Crippen molar-refractivity contribution in [2.75, 3.05) is 19.6 Å². The molecule has 0 spiro atoms. The van der Waals surface area contributed by atoms with Crippen molar-refractivity contribution in [2.45, 2.75) is 53.0 Å². The Balaban J connectivity index is 0.00000576. The Morgan fingerprint density at radius 2 is 1.80 bits per heavy atom. The number of guanidine groups is 1. The molecule has 1 aromatic carbocycles. The zero-order valence-corrected chi connectivity index (χ0v) is 18.1. The Hall–Kier alpha value is -1.31. The van der Waals surface area contributed by atoms with Gasteiger partial charge in [0.25, 0.3) is 5.91 Å². The second-order valence-corrected chi connectivity index (χ2v) is 5.79. The van der Waals surface area contributed by atoms with Gasteiger partial charge in [-0.1, -0.05) is 38.8 Å². The molecule has 0 radical (unpaired) electrons. The van der Waals surface area contributed by atoms with Crippen molar-refractivity contribution < 1.29 is 4.79 Å². The molecular weight excluding hydrogens is 427 g/mol. The molecule has 0 atom stereocenters. The molecule has 6 heteroatoms. The molecule has 0 heterocycles. The van der Waals surface area contributed by atoms with Crippen molar-refractivity contribution in [3.8, 4) is 0 Å².